The number of nitrogens with zero attached hydrogens (tertiary/aromatic N) is 4. The third-order valence-corrected chi connectivity index (χ3v) is 6.60. The molecule has 3 aliphatic carbocycles. The average Bonchev–Trinajstić information content (AvgIpc) is 3.55. The van der Waals surface area contributed by atoms with Crippen LogP contribution in [-0.4, -0.2) is 26.0 Å². The molecule has 7 heteroatoms. The van der Waals surface area contributed by atoms with Gasteiger partial charge in [-0.05, 0) is 57.4 Å². The van der Waals surface area contributed by atoms with E-state index in [2.05, 4.69) is 20.6 Å². The molecule has 132 valence electrons. The zero-order chi connectivity index (χ0) is 16.8. The Hall–Kier alpha value is -1.76. The van der Waals surface area contributed by atoms with Gasteiger partial charge in [0, 0.05) is 23.9 Å². The highest BCUT2D eigenvalue weighted by Crippen LogP contribution is 2.42. The van der Waals surface area contributed by atoms with Gasteiger partial charge < -0.3 is 5.32 Å². The van der Waals surface area contributed by atoms with E-state index in [1.807, 2.05) is 6.07 Å². The lowest BCUT2D eigenvalue weighted by Gasteiger charge is -2.29. The minimum Gasteiger partial charge on any atom is -0.357 e. The molecule has 0 atom stereocenters. The zero-order valence-corrected chi connectivity index (χ0v) is 15.0. The molecule has 2 aromatic rings. The van der Waals surface area contributed by atoms with Crippen molar-refractivity contribution < 1.29 is 0 Å². The Morgan fingerprint density at radius 1 is 0.960 bits per heavy atom. The Bertz CT molecular complexity index is 815. The molecule has 2 heterocycles. The minimum atomic E-state index is 0.0407. The van der Waals surface area contributed by atoms with Crippen LogP contribution in [0.5, 0.6) is 0 Å². The zero-order valence-electron chi connectivity index (χ0n) is 14.2. The maximum atomic E-state index is 12.2. The molecule has 0 spiro atoms. The molecular weight excluding hydrogens is 334 g/mol. The summed E-state index contributed by atoms with van der Waals surface area (Å²) in [6.07, 6.45) is 9.04. The van der Waals surface area contributed by atoms with E-state index < -0.39 is 0 Å². The highest BCUT2D eigenvalue weighted by atomic mass is 32.1. The standard InChI is InChI=1S/C18H23N5OS/c24-16-10-9-15(11-1-2-11)22-23(16)14-7-5-13(6-8-14)19-18-21-20-17(25-18)12-3-4-12/h9-14H,1-8H2,(H,19,21). The van der Waals surface area contributed by atoms with Crippen LogP contribution >= 0.6 is 11.3 Å². The summed E-state index contributed by atoms with van der Waals surface area (Å²) in [5.41, 5.74) is 1.14. The van der Waals surface area contributed by atoms with Crippen molar-refractivity contribution in [2.45, 2.75) is 75.3 Å². The van der Waals surface area contributed by atoms with Crippen LogP contribution in [0.4, 0.5) is 5.13 Å². The molecule has 5 rings (SSSR count). The van der Waals surface area contributed by atoms with Gasteiger partial charge in [0.05, 0.1) is 11.7 Å². The molecule has 0 saturated heterocycles. The van der Waals surface area contributed by atoms with Crippen LogP contribution < -0.4 is 10.9 Å². The van der Waals surface area contributed by atoms with Crippen molar-refractivity contribution in [3.05, 3.63) is 33.2 Å². The highest BCUT2D eigenvalue weighted by molar-refractivity contribution is 7.15. The molecule has 0 aliphatic heterocycles. The van der Waals surface area contributed by atoms with Crippen LogP contribution in [-0.2, 0) is 0 Å². The molecule has 6 nitrogen and oxygen atoms in total. The number of aromatic nitrogens is 4. The number of hydrogen-bond acceptors (Lipinski definition) is 6. The van der Waals surface area contributed by atoms with E-state index in [-0.39, 0.29) is 11.6 Å². The molecule has 0 radical (unpaired) electrons. The first kappa shape index (κ1) is 15.5. The molecule has 2 aromatic heterocycles. The van der Waals surface area contributed by atoms with Gasteiger partial charge in [-0.15, -0.1) is 10.2 Å². The predicted octanol–water partition coefficient (Wildman–Crippen LogP) is 3.45. The summed E-state index contributed by atoms with van der Waals surface area (Å²) in [4.78, 5) is 12.2. The summed E-state index contributed by atoms with van der Waals surface area (Å²) < 4.78 is 1.75. The fourth-order valence-corrected chi connectivity index (χ4v) is 4.72. The van der Waals surface area contributed by atoms with Crippen molar-refractivity contribution in [2.75, 3.05) is 5.32 Å². The lowest BCUT2D eigenvalue weighted by molar-refractivity contribution is 0.301. The van der Waals surface area contributed by atoms with E-state index >= 15 is 0 Å². The van der Waals surface area contributed by atoms with Crippen LogP contribution in [0.2, 0.25) is 0 Å². The molecular formula is C18H23N5OS. The Labute approximate surface area is 150 Å². The van der Waals surface area contributed by atoms with Gasteiger partial charge in [-0.1, -0.05) is 11.3 Å². The number of nitrogens with one attached hydrogen (secondary N) is 1. The SMILES string of the molecule is O=c1ccc(C2CC2)nn1C1CCC(Nc2nnc(C3CC3)s2)CC1. The highest BCUT2D eigenvalue weighted by Gasteiger charge is 2.30. The van der Waals surface area contributed by atoms with Gasteiger partial charge in [-0.2, -0.15) is 5.10 Å². The Morgan fingerprint density at radius 2 is 1.72 bits per heavy atom. The molecule has 25 heavy (non-hydrogen) atoms. The molecule has 3 saturated carbocycles. The predicted molar refractivity (Wildman–Crippen MR) is 97.3 cm³/mol. The van der Waals surface area contributed by atoms with Gasteiger partial charge in [-0.3, -0.25) is 4.79 Å². The molecule has 1 N–H and O–H groups in total. The van der Waals surface area contributed by atoms with Crippen LogP contribution in [0.1, 0.15) is 79.9 Å². The van der Waals surface area contributed by atoms with Gasteiger partial charge in [0.2, 0.25) is 5.13 Å². The van der Waals surface area contributed by atoms with Gasteiger partial charge >= 0.3 is 0 Å². The van der Waals surface area contributed by atoms with Crippen LogP contribution in [0.3, 0.4) is 0 Å². The number of hydrogen-bond donors (Lipinski definition) is 1. The first-order valence-electron chi connectivity index (χ1n) is 9.46. The summed E-state index contributed by atoms with van der Waals surface area (Å²) in [6, 6.07) is 4.28. The number of anilines is 1. The van der Waals surface area contributed by atoms with Crippen molar-refractivity contribution in [3.8, 4) is 0 Å². The first-order valence-corrected chi connectivity index (χ1v) is 10.3. The molecule has 3 aliphatic rings. The summed E-state index contributed by atoms with van der Waals surface area (Å²) in [7, 11) is 0. The largest absolute Gasteiger partial charge is 0.357 e. The van der Waals surface area contributed by atoms with Crippen LogP contribution in [0.25, 0.3) is 0 Å². The monoisotopic (exact) mass is 357 g/mol. The van der Waals surface area contributed by atoms with E-state index in [4.69, 9.17) is 0 Å². The van der Waals surface area contributed by atoms with E-state index in [0.717, 1.165) is 36.5 Å². The maximum absolute atomic E-state index is 12.2. The van der Waals surface area contributed by atoms with Gasteiger partial charge in [0.1, 0.15) is 5.01 Å². The summed E-state index contributed by atoms with van der Waals surface area (Å²) in [6.45, 7) is 0. The molecule has 3 fully saturated rings. The second-order valence-electron chi connectivity index (χ2n) is 7.68. The quantitative estimate of drug-likeness (QED) is 0.887. The van der Waals surface area contributed by atoms with Gasteiger partial charge in [-0.25, -0.2) is 4.68 Å². The third kappa shape index (κ3) is 3.34. The van der Waals surface area contributed by atoms with Gasteiger partial charge in [0.15, 0.2) is 0 Å². The van der Waals surface area contributed by atoms with Crippen molar-refractivity contribution in [1.82, 2.24) is 20.0 Å². The van der Waals surface area contributed by atoms with Crippen molar-refractivity contribution >= 4 is 16.5 Å². The summed E-state index contributed by atoms with van der Waals surface area (Å²) in [5, 5.41) is 18.9. The van der Waals surface area contributed by atoms with E-state index in [0.29, 0.717) is 17.9 Å². The molecule has 0 unspecified atom stereocenters. The van der Waals surface area contributed by atoms with Crippen molar-refractivity contribution in [1.29, 1.82) is 0 Å². The normalized spacial score (nSPS) is 26.6. The van der Waals surface area contributed by atoms with E-state index in [9.17, 15) is 4.79 Å². The second-order valence-corrected chi connectivity index (χ2v) is 8.69. The molecule has 0 bridgehead atoms. The average molecular weight is 357 g/mol. The number of rotatable bonds is 5. The third-order valence-electron chi connectivity index (χ3n) is 5.58. The van der Waals surface area contributed by atoms with Crippen LogP contribution in [0.15, 0.2) is 16.9 Å². The Kier molecular flexibility index (Phi) is 3.84. The molecule has 0 aromatic carbocycles. The minimum absolute atomic E-state index is 0.0407. The smallest absolute Gasteiger partial charge is 0.267 e. The lowest BCUT2D eigenvalue weighted by atomic mass is 9.91. The van der Waals surface area contributed by atoms with E-state index in [1.165, 1.54) is 30.7 Å². The lowest BCUT2D eigenvalue weighted by Crippen LogP contribution is -2.33. The topological polar surface area (TPSA) is 72.7 Å². The fraction of sp³-hybridized carbons (Fsp3) is 0.667. The van der Waals surface area contributed by atoms with Crippen LogP contribution in [0, 0.1) is 0 Å². The summed E-state index contributed by atoms with van der Waals surface area (Å²) >= 11 is 1.71. The summed E-state index contributed by atoms with van der Waals surface area (Å²) in [5.74, 6) is 1.25. The van der Waals surface area contributed by atoms with Gasteiger partial charge in [0.25, 0.3) is 5.56 Å². The molecule has 0 amide bonds. The second kappa shape index (κ2) is 6.20. The first-order chi connectivity index (χ1) is 12.3. The maximum Gasteiger partial charge on any atom is 0.267 e. The van der Waals surface area contributed by atoms with Crippen molar-refractivity contribution in [3.63, 3.8) is 0 Å². The van der Waals surface area contributed by atoms with E-state index in [1.54, 1.807) is 22.1 Å². The van der Waals surface area contributed by atoms with Crippen molar-refractivity contribution in [2.24, 2.45) is 0 Å². The Morgan fingerprint density at radius 3 is 2.44 bits per heavy atom. The Balaban J connectivity index is 1.22. The fourth-order valence-electron chi connectivity index (χ4n) is 3.73.